The van der Waals surface area contributed by atoms with Crippen LogP contribution in [0.1, 0.15) is 24.1 Å². The van der Waals surface area contributed by atoms with Crippen LogP contribution in [0.25, 0.3) is 0 Å². The Bertz CT molecular complexity index is 290. The predicted octanol–water partition coefficient (Wildman–Crippen LogP) is 0.966. The van der Waals surface area contributed by atoms with Gasteiger partial charge in [-0.05, 0) is 12.8 Å². The fourth-order valence-corrected chi connectivity index (χ4v) is 2.01. The summed E-state index contributed by atoms with van der Waals surface area (Å²) >= 11 is 0. The van der Waals surface area contributed by atoms with Crippen molar-refractivity contribution in [2.75, 3.05) is 6.54 Å². The Morgan fingerprint density at radius 2 is 2.25 bits per heavy atom. The summed E-state index contributed by atoms with van der Waals surface area (Å²) in [6.07, 6.45) is 4.60. The minimum absolute atomic E-state index is 0. The summed E-state index contributed by atoms with van der Waals surface area (Å²) < 4.78 is 0. The predicted molar refractivity (Wildman–Crippen MR) is 48.5 cm³/mol. The molecule has 3 nitrogen and oxygen atoms in total. The van der Waals surface area contributed by atoms with Gasteiger partial charge in [0.25, 0.3) is 0 Å². The van der Waals surface area contributed by atoms with Gasteiger partial charge in [0.2, 0.25) is 0 Å². The third-order valence-electron chi connectivity index (χ3n) is 2.88. The van der Waals surface area contributed by atoms with Gasteiger partial charge in [-0.3, -0.25) is 5.10 Å². The van der Waals surface area contributed by atoms with Gasteiger partial charge in [-0.2, -0.15) is 5.10 Å². The van der Waals surface area contributed by atoms with Crippen LogP contribution in [0, 0.1) is 0 Å². The maximum atomic E-state index is 4.07. The summed E-state index contributed by atoms with van der Waals surface area (Å²) in [6, 6.07) is 0. The summed E-state index contributed by atoms with van der Waals surface area (Å²) in [5.74, 6) is 0. The first kappa shape index (κ1) is 8.08. The largest absolute Gasteiger partial charge is 0.312 e. The molecule has 66 valence electrons. The van der Waals surface area contributed by atoms with Gasteiger partial charge in [-0.15, -0.1) is 12.4 Å². The number of rotatable bonds is 0. The molecule has 4 heteroatoms. The van der Waals surface area contributed by atoms with Crippen LogP contribution in [-0.2, 0) is 12.0 Å². The van der Waals surface area contributed by atoms with E-state index in [2.05, 4.69) is 15.5 Å². The fourth-order valence-electron chi connectivity index (χ4n) is 2.01. The summed E-state index contributed by atoms with van der Waals surface area (Å²) in [5.41, 5.74) is 3.23. The quantitative estimate of drug-likeness (QED) is 0.633. The number of halogens is 1. The van der Waals surface area contributed by atoms with Crippen molar-refractivity contribution >= 4 is 12.4 Å². The van der Waals surface area contributed by atoms with Gasteiger partial charge in [-0.25, -0.2) is 0 Å². The third kappa shape index (κ3) is 0.898. The summed E-state index contributed by atoms with van der Waals surface area (Å²) in [5, 5.41) is 10.6. The monoisotopic (exact) mass is 185 g/mol. The van der Waals surface area contributed by atoms with Crippen LogP contribution in [0.2, 0.25) is 0 Å². The van der Waals surface area contributed by atoms with Crippen molar-refractivity contribution < 1.29 is 0 Å². The molecule has 1 aliphatic carbocycles. The molecule has 1 aliphatic heterocycles. The minimum atomic E-state index is 0. The molecule has 0 saturated heterocycles. The maximum absolute atomic E-state index is 4.07. The first-order chi connectivity index (χ1) is 5.41. The summed E-state index contributed by atoms with van der Waals surface area (Å²) in [4.78, 5) is 0. The molecule has 0 radical (unpaired) electrons. The SMILES string of the molecule is Cl.c1n[nH]c2c1CNCC21CC1. The molecule has 1 spiro atoms. The van der Waals surface area contributed by atoms with Crippen LogP contribution >= 0.6 is 12.4 Å². The highest BCUT2D eigenvalue weighted by molar-refractivity contribution is 5.85. The molecule has 2 heterocycles. The molecule has 0 atom stereocenters. The topological polar surface area (TPSA) is 40.7 Å². The van der Waals surface area contributed by atoms with Crippen LogP contribution in [0.3, 0.4) is 0 Å². The van der Waals surface area contributed by atoms with Crippen molar-refractivity contribution in [3.05, 3.63) is 17.5 Å². The van der Waals surface area contributed by atoms with Gasteiger partial charge >= 0.3 is 0 Å². The average molecular weight is 186 g/mol. The second-order valence-electron chi connectivity index (χ2n) is 3.65. The number of nitrogens with one attached hydrogen (secondary N) is 2. The molecule has 0 amide bonds. The lowest BCUT2D eigenvalue weighted by atomic mass is 9.95. The fraction of sp³-hybridized carbons (Fsp3) is 0.625. The third-order valence-corrected chi connectivity index (χ3v) is 2.88. The van der Waals surface area contributed by atoms with Gasteiger partial charge < -0.3 is 5.32 Å². The first-order valence-corrected chi connectivity index (χ1v) is 4.14. The van der Waals surface area contributed by atoms with Crippen molar-refractivity contribution in [3.63, 3.8) is 0 Å². The summed E-state index contributed by atoms with van der Waals surface area (Å²) in [6.45, 7) is 2.13. The van der Waals surface area contributed by atoms with Crippen molar-refractivity contribution in [1.29, 1.82) is 0 Å². The molecule has 2 N–H and O–H groups in total. The zero-order valence-corrected chi connectivity index (χ0v) is 7.58. The Hall–Kier alpha value is -0.540. The zero-order valence-electron chi connectivity index (χ0n) is 6.76. The Labute approximate surface area is 77.3 Å². The Kier molecular flexibility index (Phi) is 1.66. The first-order valence-electron chi connectivity index (χ1n) is 4.14. The molecule has 12 heavy (non-hydrogen) atoms. The molecular weight excluding hydrogens is 174 g/mol. The van der Waals surface area contributed by atoms with E-state index in [9.17, 15) is 0 Å². The van der Waals surface area contributed by atoms with E-state index in [1.54, 1.807) is 0 Å². The van der Waals surface area contributed by atoms with Crippen molar-refractivity contribution in [2.45, 2.75) is 24.8 Å². The Balaban J connectivity index is 0.000000563. The van der Waals surface area contributed by atoms with Gasteiger partial charge in [0.05, 0.1) is 6.20 Å². The minimum Gasteiger partial charge on any atom is -0.312 e. The van der Waals surface area contributed by atoms with Crippen LogP contribution in [0.4, 0.5) is 0 Å². The van der Waals surface area contributed by atoms with Gasteiger partial charge in [0.1, 0.15) is 0 Å². The molecule has 0 aromatic carbocycles. The molecule has 3 rings (SSSR count). The van der Waals surface area contributed by atoms with E-state index in [0.717, 1.165) is 13.1 Å². The highest BCUT2D eigenvalue weighted by Crippen LogP contribution is 2.49. The van der Waals surface area contributed by atoms with E-state index in [1.807, 2.05) is 6.20 Å². The number of nitrogens with zero attached hydrogens (tertiary/aromatic N) is 1. The number of hydrogen-bond acceptors (Lipinski definition) is 2. The molecule has 0 unspecified atom stereocenters. The molecule has 2 aliphatic rings. The second-order valence-corrected chi connectivity index (χ2v) is 3.65. The number of aromatic amines is 1. The van der Waals surface area contributed by atoms with Gasteiger partial charge in [-0.1, -0.05) is 0 Å². The maximum Gasteiger partial charge on any atom is 0.0535 e. The molecule has 0 bridgehead atoms. The van der Waals surface area contributed by atoms with Crippen molar-refractivity contribution in [1.82, 2.24) is 15.5 Å². The number of H-pyrrole nitrogens is 1. The molecule has 1 fully saturated rings. The van der Waals surface area contributed by atoms with Crippen LogP contribution in [0.15, 0.2) is 6.20 Å². The van der Waals surface area contributed by atoms with E-state index in [4.69, 9.17) is 0 Å². The Morgan fingerprint density at radius 1 is 1.42 bits per heavy atom. The zero-order chi connectivity index (χ0) is 7.31. The van der Waals surface area contributed by atoms with Crippen LogP contribution < -0.4 is 5.32 Å². The number of hydrogen-bond donors (Lipinski definition) is 2. The molecular formula is C8H12ClN3. The van der Waals surface area contributed by atoms with E-state index in [0.29, 0.717) is 5.41 Å². The van der Waals surface area contributed by atoms with E-state index in [1.165, 1.54) is 24.1 Å². The normalized spacial score (nSPS) is 23.0. The lowest BCUT2D eigenvalue weighted by Gasteiger charge is -2.21. The smallest absolute Gasteiger partial charge is 0.0535 e. The van der Waals surface area contributed by atoms with Crippen molar-refractivity contribution in [2.24, 2.45) is 0 Å². The molecule has 1 aromatic rings. The summed E-state index contributed by atoms with van der Waals surface area (Å²) in [7, 11) is 0. The number of aromatic nitrogens is 2. The lowest BCUT2D eigenvalue weighted by molar-refractivity contribution is 0.521. The average Bonchev–Trinajstić information content (AvgIpc) is 2.63. The number of fused-ring (bicyclic) bond motifs is 2. The van der Waals surface area contributed by atoms with Crippen LogP contribution in [0.5, 0.6) is 0 Å². The van der Waals surface area contributed by atoms with Crippen molar-refractivity contribution in [3.8, 4) is 0 Å². The highest BCUT2D eigenvalue weighted by atomic mass is 35.5. The van der Waals surface area contributed by atoms with E-state index in [-0.39, 0.29) is 12.4 Å². The van der Waals surface area contributed by atoms with E-state index >= 15 is 0 Å². The molecule has 1 saturated carbocycles. The Morgan fingerprint density at radius 3 is 3.00 bits per heavy atom. The second kappa shape index (κ2) is 2.47. The standard InChI is InChI=1S/C8H11N3.ClH/c1-2-8(1)5-9-3-6-4-10-11-7(6)8;/h4,9H,1-3,5H2,(H,10,11);1H. The lowest BCUT2D eigenvalue weighted by Crippen LogP contribution is -2.32. The van der Waals surface area contributed by atoms with Crippen LogP contribution in [-0.4, -0.2) is 16.7 Å². The van der Waals surface area contributed by atoms with E-state index < -0.39 is 0 Å². The van der Waals surface area contributed by atoms with Gasteiger partial charge in [0, 0.05) is 29.8 Å². The van der Waals surface area contributed by atoms with Gasteiger partial charge in [0.15, 0.2) is 0 Å². The molecule has 1 aromatic heterocycles. The highest BCUT2D eigenvalue weighted by Gasteiger charge is 2.48.